The van der Waals surface area contributed by atoms with Crippen LogP contribution in [0.15, 0.2) is 60.7 Å². The topological polar surface area (TPSA) is 58.1 Å². The number of halogens is 1. The summed E-state index contributed by atoms with van der Waals surface area (Å²) >= 11 is 0. The molecule has 1 saturated heterocycles. The maximum Gasteiger partial charge on any atom is 0.227 e. The molecule has 1 N–H and O–H groups in total. The molecule has 3 aromatic rings. The fraction of sp³-hybridized carbons (Fsp3) is 0.261. The third-order valence-electron chi connectivity index (χ3n) is 5.25. The highest BCUT2D eigenvalue weighted by molar-refractivity contribution is 5.92. The van der Waals surface area contributed by atoms with Crippen LogP contribution < -0.4 is 10.2 Å². The van der Waals surface area contributed by atoms with E-state index in [9.17, 15) is 9.18 Å². The predicted octanol–water partition coefficient (Wildman–Crippen LogP) is 4.45. The fourth-order valence-corrected chi connectivity index (χ4v) is 3.63. The minimum Gasteiger partial charge on any atom is -0.355 e. The molecule has 5 nitrogen and oxygen atoms in total. The standard InChI is InChI=1S/C23H23FN4O/c1-16-4-2-5-18(14-16)21-8-9-22(27-26-21)28-12-10-17(11-13-28)23(29)25-20-7-3-6-19(24)15-20/h2-9,14-15,17H,10-13H2,1H3,(H,25,29). The molecule has 148 valence electrons. The smallest absolute Gasteiger partial charge is 0.227 e. The van der Waals surface area contributed by atoms with Crippen LogP contribution in [0, 0.1) is 18.7 Å². The zero-order valence-corrected chi connectivity index (χ0v) is 16.3. The SMILES string of the molecule is Cc1cccc(-c2ccc(N3CCC(C(=O)Nc4cccc(F)c4)CC3)nn2)c1. The average molecular weight is 390 g/mol. The number of aromatic nitrogens is 2. The van der Waals surface area contributed by atoms with Crippen molar-refractivity contribution < 1.29 is 9.18 Å². The zero-order chi connectivity index (χ0) is 20.2. The lowest BCUT2D eigenvalue weighted by Crippen LogP contribution is -2.38. The number of benzene rings is 2. The molecule has 0 aliphatic carbocycles. The van der Waals surface area contributed by atoms with Gasteiger partial charge in [-0.25, -0.2) is 4.39 Å². The van der Waals surface area contributed by atoms with E-state index < -0.39 is 0 Å². The Balaban J connectivity index is 1.35. The largest absolute Gasteiger partial charge is 0.355 e. The summed E-state index contributed by atoms with van der Waals surface area (Å²) in [5.74, 6) is 0.320. The van der Waals surface area contributed by atoms with Gasteiger partial charge >= 0.3 is 0 Å². The zero-order valence-electron chi connectivity index (χ0n) is 16.3. The van der Waals surface area contributed by atoms with Gasteiger partial charge in [-0.05, 0) is 56.2 Å². The Morgan fingerprint density at radius 3 is 2.52 bits per heavy atom. The Morgan fingerprint density at radius 1 is 1.03 bits per heavy atom. The van der Waals surface area contributed by atoms with Crippen molar-refractivity contribution in [1.82, 2.24) is 10.2 Å². The van der Waals surface area contributed by atoms with Crippen molar-refractivity contribution >= 4 is 17.4 Å². The van der Waals surface area contributed by atoms with E-state index >= 15 is 0 Å². The lowest BCUT2D eigenvalue weighted by atomic mass is 9.95. The van der Waals surface area contributed by atoms with E-state index in [4.69, 9.17) is 0 Å². The lowest BCUT2D eigenvalue weighted by molar-refractivity contribution is -0.120. The van der Waals surface area contributed by atoms with Crippen LogP contribution in [-0.4, -0.2) is 29.2 Å². The maximum atomic E-state index is 13.3. The highest BCUT2D eigenvalue weighted by Gasteiger charge is 2.26. The first kappa shape index (κ1) is 19.1. The second-order valence-electron chi connectivity index (χ2n) is 7.41. The van der Waals surface area contributed by atoms with Crippen molar-refractivity contribution in [2.75, 3.05) is 23.3 Å². The third-order valence-corrected chi connectivity index (χ3v) is 5.25. The lowest BCUT2D eigenvalue weighted by Gasteiger charge is -2.31. The van der Waals surface area contributed by atoms with E-state index in [1.807, 2.05) is 24.3 Å². The van der Waals surface area contributed by atoms with Crippen LogP contribution in [0.5, 0.6) is 0 Å². The third kappa shape index (κ3) is 4.59. The quantitative estimate of drug-likeness (QED) is 0.715. The molecule has 29 heavy (non-hydrogen) atoms. The first-order valence-corrected chi connectivity index (χ1v) is 9.80. The summed E-state index contributed by atoms with van der Waals surface area (Å²) in [5, 5.41) is 11.6. The monoisotopic (exact) mass is 390 g/mol. The summed E-state index contributed by atoms with van der Waals surface area (Å²) in [4.78, 5) is 14.6. The van der Waals surface area contributed by atoms with E-state index in [1.165, 1.54) is 17.7 Å². The summed E-state index contributed by atoms with van der Waals surface area (Å²) in [6.45, 7) is 3.53. The van der Waals surface area contributed by atoms with Crippen molar-refractivity contribution in [3.8, 4) is 11.3 Å². The summed E-state index contributed by atoms with van der Waals surface area (Å²) < 4.78 is 13.3. The minimum atomic E-state index is -0.356. The van der Waals surface area contributed by atoms with Crippen molar-refractivity contribution in [2.24, 2.45) is 5.92 Å². The van der Waals surface area contributed by atoms with Crippen molar-refractivity contribution in [2.45, 2.75) is 19.8 Å². The summed E-state index contributed by atoms with van der Waals surface area (Å²) in [6, 6.07) is 18.1. The number of carbonyl (C=O) groups excluding carboxylic acids is 1. The fourth-order valence-electron chi connectivity index (χ4n) is 3.63. The number of nitrogens with zero attached hydrogens (tertiary/aromatic N) is 3. The first-order chi connectivity index (χ1) is 14.1. The second-order valence-corrected chi connectivity index (χ2v) is 7.41. The Labute approximate surface area is 169 Å². The molecule has 1 aromatic heterocycles. The van der Waals surface area contributed by atoms with E-state index in [0.717, 1.165) is 43.0 Å². The Bertz CT molecular complexity index is 998. The molecule has 1 aliphatic rings. The van der Waals surface area contributed by atoms with Crippen LogP contribution in [0.1, 0.15) is 18.4 Å². The molecule has 1 fully saturated rings. The number of piperidine rings is 1. The molecular weight excluding hydrogens is 367 g/mol. The van der Waals surface area contributed by atoms with Crippen LogP contribution in [0.3, 0.4) is 0 Å². The van der Waals surface area contributed by atoms with Crippen LogP contribution >= 0.6 is 0 Å². The summed E-state index contributed by atoms with van der Waals surface area (Å²) in [7, 11) is 0. The van der Waals surface area contributed by atoms with E-state index in [-0.39, 0.29) is 17.6 Å². The number of nitrogens with one attached hydrogen (secondary N) is 1. The van der Waals surface area contributed by atoms with Crippen LogP contribution in [0.2, 0.25) is 0 Å². The van der Waals surface area contributed by atoms with Gasteiger partial charge < -0.3 is 10.2 Å². The number of rotatable bonds is 4. The second kappa shape index (κ2) is 8.39. The Kier molecular flexibility index (Phi) is 5.51. The van der Waals surface area contributed by atoms with E-state index in [1.54, 1.807) is 12.1 Å². The van der Waals surface area contributed by atoms with Gasteiger partial charge in [-0.1, -0.05) is 29.8 Å². The number of carbonyl (C=O) groups is 1. The molecular formula is C23H23FN4O. The molecule has 2 heterocycles. The molecule has 0 bridgehead atoms. The molecule has 0 unspecified atom stereocenters. The summed E-state index contributed by atoms with van der Waals surface area (Å²) in [6.07, 6.45) is 1.45. The van der Waals surface area contributed by atoms with Gasteiger partial charge in [-0.2, -0.15) is 0 Å². The number of anilines is 2. The van der Waals surface area contributed by atoms with Gasteiger partial charge in [-0.3, -0.25) is 4.79 Å². The van der Waals surface area contributed by atoms with Gasteiger partial charge in [0.2, 0.25) is 5.91 Å². The first-order valence-electron chi connectivity index (χ1n) is 9.80. The Morgan fingerprint density at radius 2 is 1.83 bits per heavy atom. The Hall–Kier alpha value is -3.28. The number of hydrogen-bond acceptors (Lipinski definition) is 4. The molecule has 1 aliphatic heterocycles. The van der Waals surface area contributed by atoms with Crippen LogP contribution in [-0.2, 0) is 4.79 Å². The van der Waals surface area contributed by atoms with Crippen LogP contribution in [0.25, 0.3) is 11.3 Å². The number of amides is 1. The normalized spacial score (nSPS) is 14.6. The minimum absolute atomic E-state index is 0.0591. The average Bonchev–Trinajstić information content (AvgIpc) is 2.74. The number of aryl methyl sites for hydroxylation is 1. The van der Waals surface area contributed by atoms with Crippen LogP contribution in [0.4, 0.5) is 15.9 Å². The maximum absolute atomic E-state index is 13.3. The van der Waals surface area contributed by atoms with E-state index in [0.29, 0.717) is 5.69 Å². The van der Waals surface area contributed by atoms with E-state index in [2.05, 4.69) is 39.5 Å². The van der Waals surface area contributed by atoms with Gasteiger partial charge in [0.1, 0.15) is 5.82 Å². The predicted molar refractivity (Wildman–Crippen MR) is 112 cm³/mol. The van der Waals surface area contributed by atoms with Gasteiger partial charge in [-0.15, -0.1) is 10.2 Å². The molecule has 2 aromatic carbocycles. The molecule has 0 saturated carbocycles. The molecule has 1 amide bonds. The van der Waals surface area contributed by atoms with Gasteiger partial charge in [0.05, 0.1) is 5.69 Å². The van der Waals surface area contributed by atoms with Gasteiger partial charge in [0, 0.05) is 30.3 Å². The summed E-state index contributed by atoms with van der Waals surface area (Å²) in [5.41, 5.74) is 3.58. The molecule has 0 radical (unpaired) electrons. The van der Waals surface area contributed by atoms with Crippen molar-refractivity contribution in [1.29, 1.82) is 0 Å². The molecule has 0 atom stereocenters. The highest BCUT2D eigenvalue weighted by atomic mass is 19.1. The highest BCUT2D eigenvalue weighted by Crippen LogP contribution is 2.25. The van der Waals surface area contributed by atoms with Gasteiger partial charge in [0.15, 0.2) is 5.82 Å². The van der Waals surface area contributed by atoms with Gasteiger partial charge in [0.25, 0.3) is 0 Å². The van der Waals surface area contributed by atoms with Crippen molar-refractivity contribution in [3.05, 3.63) is 72.0 Å². The van der Waals surface area contributed by atoms with Crippen molar-refractivity contribution in [3.63, 3.8) is 0 Å². The molecule has 0 spiro atoms. The molecule has 4 rings (SSSR count). The number of hydrogen-bond donors (Lipinski definition) is 1. The molecule has 6 heteroatoms.